The normalized spacial score (nSPS) is 9.95. The van der Waals surface area contributed by atoms with Gasteiger partial charge in [0.2, 0.25) is 0 Å². The van der Waals surface area contributed by atoms with E-state index < -0.39 is 10.9 Å². The number of ether oxygens (including phenoxy) is 2. The van der Waals surface area contributed by atoms with Gasteiger partial charge < -0.3 is 14.6 Å². The Bertz CT molecular complexity index is 680. The van der Waals surface area contributed by atoms with Crippen molar-refractivity contribution in [3.63, 3.8) is 0 Å². The van der Waals surface area contributed by atoms with E-state index in [9.17, 15) is 20.0 Å². The van der Waals surface area contributed by atoms with Crippen LogP contribution < -0.4 is 4.74 Å². The largest absolute Gasteiger partial charge is 0.508 e. The summed E-state index contributed by atoms with van der Waals surface area (Å²) in [5.41, 5.74) is 0.0721. The van der Waals surface area contributed by atoms with Crippen LogP contribution in [0.1, 0.15) is 10.4 Å². The van der Waals surface area contributed by atoms with Gasteiger partial charge in [-0.1, -0.05) is 0 Å². The Hall–Kier alpha value is -3.09. The first kappa shape index (κ1) is 14.3. The van der Waals surface area contributed by atoms with E-state index in [4.69, 9.17) is 4.74 Å². The predicted octanol–water partition coefficient (Wildman–Crippen LogP) is 2.88. The smallest absolute Gasteiger partial charge is 0.337 e. The van der Waals surface area contributed by atoms with Crippen LogP contribution in [0.4, 0.5) is 5.69 Å². The molecule has 0 aliphatic heterocycles. The highest BCUT2D eigenvalue weighted by Gasteiger charge is 2.11. The van der Waals surface area contributed by atoms with E-state index in [0.717, 1.165) is 6.07 Å². The second kappa shape index (κ2) is 5.91. The van der Waals surface area contributed by atoms with Gasteiger partial charge in [-0.2, -0.15) is 0 Å². The van der Waals surface area contributed by atoms with Crippen LogP contribution >= 0.6 is 0 Å². The molecule has 7 nitrogen and oxygen atoms in total. The molecule has 0 bridgehead atoms. The van der Waals surface area contributed by atoms with Crippen LogP contribution in [-0.2, 0) is 4.74 Å². The third-order valence-electron chi connectivity index (χ3n) is 2.60. The van der Waals surface area contributed by atoms with Crippen molar-refractivity contribution in [2.75, 3.05) is 7.11 Å². The molecular weight excluding hydrogens is 278 g/mol. The number of nitro benzene ring substituents is 1. The topological polar surface area (TPSA) is 98.9 Å². The van der Waals surface area contributed by atoms with Gasteiger partial charge in [-0.15, -0.1) is 0 Å². The highest BCUT2D eigenvalue weighted by atomic mass is 16.6. The predicted molar refractivity (Wildman–Crippen MR) is 72.6 cm³/mol. The SMILES string of the molecule is COC(=O)c1ccc(Oc2cc(O)cc([N+](=O)[O-])c2)cc1. The van der Waals surface area contributed by atoms with Gasteiger partial charge in [0.1, 0.15) is 17.2 Å². The lowest BCUT2D eigenvalue weighted by Crippen LogP contribution is -2.00. The number of methoxy groups -OCH3 is 1. The first-order chi connectivity index (χ1) is 9.99. The minimum Gasteiger partial charge on any atom is -0.508 e. The molecule has 0 aliphatic rings. The zero-order chi connectivity index (χ0) is 15.4. The summed E-state index contributed by atoms with van der Waals surface area (Å²) >= 11 is 0. The summed E-state index contributed by atoms with van der Waals surface area (Å²) in [6, 6.07) is 9.49. The van der Waals surface area contributed by atoms with Gasteiger partial charge in [-0.3, -0.25) is 10.1 Å². The van der Waals surface area contributed by atoms with E-state index in [1.54, 1.807) is 0 Å². The van der Waals surface area contributed by atoms with Crippen molar-refractivity contribution in [3.05, 3.63) is 58.1 Å². The highest BCUT2D eigenvalue weighted by molar-refractivity contribution is 5.89. The van der Waals surface area contributed by atoms with Crippen LogP contribution in [0.5, 0.6) is 17.2 Å². The summed E-state index contributed by atoms with van der Waals surface area (Å²) in [5, 5.41) is 20.1. The summed E-state index contributed by atoms with van der Waals surface area (Å²) in [5.74, 6) is -0.269. The molecule has 0 saturated heterocycles. The summed E-state index contributed by atoms with van der Waals surface area (Å²) in [4.78, 5) is 21.3. The third kappa shape index (κ3) is 3.47. The molecule has 0 fully saturated rings. The van der Waals surface area contributed by atoms with Crippen molar-refractivity contribution in [2.24, 2.45) is 0 Å². The van der Waals surface area contributed by atoms with Crippen LogP contribution in [0.15, 0.2) is 42.5 Å². The molecule has 0 unspecified atom stereocenters. The minimum atomic E-state index is -0.632. The number of aromatic hydroxyl groups is 1. The molecule has 108 valence electrons. The lowest BCUT2D eigenvalue weighted by atomic mass is 10.2. The lowest BCUT2D eigenvalue weighted by Gasteiger charge is -2.07. The number of nitrogens with zero attached hydrogens (tertiary/aromatic N) is 1. The van der Waals surface area contributed by atoms with Crippen LogP contribution in [0, 0.1) is 10.1 Å². The molecule has 2 aromatic rings. The second-order valence-corrected chi connectivity index (χ2v) is 4.06. The monoisotopic (exact) mass is 289 g/mol. The molecule has 0 amide bonds. The number of rotatable bonds is 4. The molecule has 0 saturated carbocycles. The number of non-ortho nitro benzene ring substituents is 1. The molecule has 2 aromatic carbocycles. The fourth-order valence-electron chi connectivity index (χ4n) is 1.65. The van der Waals surface area contributed by atoms with E-state index >= 15 is 0 Å². The highest BCUT2D eigenvalue weighted by Crippen LogP contribution is 2.30. The van der Waals surface area contributed by atoms with Gasteiger partial charge in [-0.05, 0) is 24.3 Å². The van der Waals surface area contributed by atoms with E-state index in [0.29, 0.717) is 11.3 Å². The van der Waals surface area contributed by atoms with Gasteiger partial charge in [0, 0.05) is 6.07 Å². The number of carbonyl (C=O) groups excluding carboxylic acids is 1. The molecule has 0 aliphatic carbocycles. The summed E-state index contributed by atoms with van der Waals surface area (Å²) in [6.07, 6.45) is 0. The van der Waals surface area contributed by atoms with Crippen molar-refractivity contribution in [2.45, 2.75) is 0 Å². The first-order valence-electron chi connectivity index (χ1n) is 5.84. The summed E-state index contributed by atoms with van der Waals surface area (Å²) < 4.78 is 9.97. The Morgan fingerprint density at radius 2 is 1.81 bits per heavy atom. The molecule has 0 spiro atoms. The molecule has 7 heteroatoms. The molecule has 1 N–H and O–H groups in total. The maximum atomic E-state index is 11.3. The average Bonchev–Trinajstić information content (AvgIpc) is 2.46. The van der Waals surface area contributed by atoms with Crippen molar-refractivity contribution < 1.29 is 24.3 Å². The Kier molecular flexibility index (Phi) is 4.03. The number of benzene rings is 2. The number of phenols is 1. The Morgan fingerprint density at radius 3 is 2.38 bits per heavy atom. The molecule has 0 radical (unpaired) electrons. The van der Waals surface area contributed by atoms with Gasteiger partial charge in [0.25, 0.3) is 5.69 Å². The lowest BCUT2D eigenvalue weighted by molar-refractivity contribution is -0.385. The van der Waals surface area contributed by atoms with E-state index in [1.165, 1.54) is 43.5 Å². The summed E-state index contributed by atoms with van der Waals surface area (Å²) in [6.45, 7) is 0. The fourth-order valence-corrected chi connectivity index (χ4v) is 1.65. The van der Waals surface area contributed by atoms with Gasteiger partial charge in [0.15, 0.2) is 0 Å². The number of phenolic OH excluding ortho intramolecular Hbond substituents is 1. The second-order valence-electron chi connectivity index (χ2n) is 4.06. The Morgan fingerprint density at radius 1 is 1.14 bits per heavy atom. The van der Waals surface area contributed by atoms with Crippen molar-refractivity contribution in [3.8, 4) is 17.2 Å². The molecule has 0 heterocycles. The molecule has 21 heavy (non-hydrogen) atoms. The minimum absolute atomic E-state index is 0.118. The third-order valence-corrected chi connectivity index (χ3v) is 2.60. The number of hydrogen-bond acceptors (Lipinski definition) is 6. The number of hydrogen-bond donors (Lipinski definition) is 1. The zero-order valence-electron chi connectivity index (χ0n) is 11.0. The Balaban J connectivity index is 2.22. The molecule has 0 atom stereocenters. The van der Waals surface area contributed by atoms with Gasteiger partial charge in [-0.25, -0.2) is 4.79 Å². The van der Waals surface area contributed by atoms with Crippen LogP contribution in [0.3, 0.4) is 0 Å². The standard InChI is InChI=1S/C14H11NO6/c1-20-14(17)9-2-4-12(5-3-9)21-13-7-10(15(18)19)6-11(16)8-13/h2-8,16H,1H3. The molecule has 2 rings (SSSR count). The van der Waals surface area contributed by atoms with E-state index in [-0.39, 0.29) is 17.2 Å². The fraction of sp³-hybridized carbons (Fsp3) is 0.0714. The molecular formula is C14H11NO6. The number of esters is 1. The first-order valence-corrected chi connectivity index (χ1v) is 5.84. The van der Waals surface area contributed by atoms with E-state index in [2.05, 4.69) is 4.74 Å². The number of carbonyl (C=O) groups is 1. The quantitative estimate of drug-likeness (QED) is 0.528. The average molecular weight is 289 g/mol. The summed E-state index contributed by atoms with van der Waals surface area (Å²) in [7, 11) is 1.28. The number of nitro groups is 1. The van der Waals surface area contributed by atoms with Crippen LogP contribution in [-0.4, -0.2) is 23.1 Å². The zero-order valence-corrected chi connectivity index (χ0v) is 11.0. The maximum absolute atomic E-state index is 11.3. The van der Waals surface area contributed by atoms with Crippen molar-refractivity contribution in [1.29, 1.82) is 0 Å². The van der Waals surface area contributed by atoms with Gasteiger partial charge >= 0.3 is 5.97 Å². The van der Waals surface area contributed by atoms with Crippen molar-refractivity contribution in [1.82, 2.24) is 0 Å². The Labute approximate surface area is 119 Å². The van der Waals surface area contributed by atoms with E-state index in [1.807, 2.05) is 0 Å². The van der Waals surface area contributed by atoms with Gasteiger partial charge in [0.05, 0.1) is 29.7 Å². The molecule has 0 aromatic heterocycles. The van der Waals surface area contributed by atoms with Crippen LogP contribution in [0.2, 0.25) is 0 Å². The van der Waals surface area contributed by atoms with Crippen LogP contribution in [0.25, 0.3) is 0 Å². The van der Waals surface area contributed by atoms with Crippen molar-refractivity contribution >= 4 is 11.7 Å². The maximum Gasteiger partial charge on any atom is 0.337 e.